The third kappa shape index (κ3) is 2.76. The number of alkyl halides is 1. The van der Waals surface area contributed by atoms with E-state index in [-0.39, 0.29) is 11.6 Å². The van der Waals surface area contributed by atoms with Crippen molar-refractivity contribution < 1.29 is 9.18 Å². The summed E-state index contributed by atoms with van der Waals surface area (Å²) in [5.74, 6) is 1.95. The molecule has 1 amide bonds. The van der Waals surface area contributed by atoms with E-state index in [9.17, 15) is 9.18 Å². The van der Waals surface area contributed by atoms with Gasteiger partial charge in [0.15, 0.2) is 0 Å². The average Bonchev–Trinajstić information content (AvgIpc) is 3.43. The lowest BCUT2D eigenvalue weighted by molar-refractivity contribution is 0.102. The number of rotatable bonds is 5. The molecule has 2 unspecified atom stereocenters. The van der Waals surface area contributed by atoms with Crippen LogP contribution in [-0.4, -0.2) is 15.7 Å². The number of carbonyl (C=O) groups excluding carboxylic acids is 1. The van der Waals surface area contributed by atoms with E-state index in [1.807, 2.05) is 18.2 Å². The van der Waals surface area contributed by atoms with Gasteiger partial charge in [0.1, 0.15) is 12.4 Å². The summed E-state index contributed by atoms with van der Waals surface area (Å²) in [5.41, 5.74) is 2.55. The number of amides is 1. The van der Waals surface area contributed by atoms with Crippen molar-refractivity contribution in [3.63, 3.8) is 0 Å². The number of aromatic nitrogens is 2. The maximum absolute atomic E-state index is 13.0. The molecule has 0 bridgehead atoms. The second-order valence-electron chi connectivity index (χ2n) is 6.68. The number of nitrogens with one attached hydrogen (secondary N) is 1. The van der Waals surface area contributed by atoms with E-state index in [0.29, 0.717) is 11.5 Å². The third-order valence-corrected chi connectivity index (χ3v) is 4.95. The Balaban J connectivity index is 1.55. The van der Waals surface area contributed by atoms with E-state index in [1.54, 1.807) is 13.2 Å². The van der Waals surface area contributed by atoms with Gasteiger partial charge in [-0.05, 0) is 48.6 Å². The molecule has 2 atom stereocenters. The SMILES string of the molecule is Cn1cc(C(=O)Nc2ccccc2C2CC2C2CC2)c(CF)n1. The van der Waals surface area contributed by atoms with Crippen LogP contribution in [0.2, 0.25) is 0 Å². The number of anilines is 1. The van der Waals surface area contributed by atoms with Gasteiger partial charge in [0.05, 0.1) is 5.56 Å². The number of halogens is 1. The fraction of sp³-hybridized carbons (Fsp3) is 0.444. The highest BCUT2D eigenvalue weighted by Crippen LogP contribution is 2.60. The highest BCUT2D eigenvalue weighted by Gasteiger charge is 2.48. The van der Waals surface area contributed by atoms with Crippen molar-refractivity contribution in [1.82, 2.24) is 9.78 Å². The minimum atomic E-state index is -0.738. The van der Waals surface area contributed by atoms with Crippen molar-refractivity contribution in [2.75, 3.05) is 5.32 Å². The smallest absolute Gasteiger partial charge is 0.259 e. The Bertz CT molecular complexity index is 750. The van der Waals surface area contributed by atoms with E-state index >= 15 is 0 Å². The molecule has 0 aliphatic heterocycles. The molecular formula is C18H20FN3O. The van der Waals surface area contributed by atoms with Crippen LogP contribution in [0.15, 0.2) is 30.5 Å². The van der Waals surface area contributed by atoms with Crippen LogP contribution in [0.3, 0.4) is 0 Å². The van der Waals surface area contributed by atoms with E-state index in [2.05, 4.69) is 16.5 Å². The normalized spacial score (nSPS) is 22.9. The zero-order valence-corrected chi connectivity index (χ0v) is 13.1. The summed E-state index contributed by atoms with van der Waals surface area (Å²) < 4.78 is 14.5. The maximum Gasteiger partial charge on any atom is 0.259 e. The van der Waals surface area contributed by atoms with Gasteiger partial charge in [-0.3, -0.25) is 9.48 Å². The number of aryl methyl sites for hydroxylation is 1. The van der Waals surface area contributed by atoms with Gasteiger partial charge in [0.25, 0.3) is 5.91 Å². The van der Waals surface area contributed by atoms with E-state index in [4.69, 9.17) is 0 Å². The first kappa shape index (κ1) is 14.4. The van der Waals surface area contributed by atoms with Gasteiger partial charge in [-0.1, -0.05) is 18.2 Å². The monoisotopic (exact) mass is 313 g/mol. The summed E-state index contributed by atoms with van der Waals surface area (Å²) in [5, 5.41) is 6.94. The summed E-state index contributed by atoms with van der Waals surface area (Å²) >= 11 is 0. The Morgan fingerprint density at radius 2 is 2.17 bits per heavy atom. The van der Waals surface area contributed by atoms with Crippen LogP contribution in [0.5, 0.6) is 0 Å². The molecule has 1 N–H and O–H groups in total. The minimum Gasteiger partial charge on any atom is -0.322 e. The van der Waals surface area contributed by atoms with E-state index in [1.165, 1.54) is 29.5 Å². The summed E-state index contributed by atoms with van der Waals surface area (Å²) in [6, 6.07) is 7.97. The zero-order valence-electron chi connectivity index (χ0n) is 13.1. The van der Waals surface area contributed by atoms with Gasteiger partial charge >= 0.3 is 0 Å². The van der Waals surface area contributed by atoms with Crippen molar-refractivity contribution >= 4 is 11.6 Å². The number of nitrogens with zero attached hydrogens (tertiary/aromatic N) is 2. The van der Waals surface area contributed by atoms with Crippen LogP contribution in [0.1, 0.15) is 46.8 Å². The van der Waals surface area contributed by atoms with Crippen LogP contribution < -0.4 is 5.32 Å². The average molecular weight is 313 g/mol. The molecule has 5 heteroatoms. The summed E-state index contributed by atoms with van der Waals surface area (Å²) in [7, 11) is 1.69. The first-order valence-corrected chi connectivity index (χ1v) is 8.16. The molecule has 2 aliphatic carbocycles. The molecule has 2 fully saturated rings. The highest BCUT2D eigenvalue weighted by atomic mass is 19.1. The Kier molecular flexibility index (Phi) is 3.43. The Morgan fingerprint density at radius 3 is 2.91 bits per heavy atom. The molecule has 1 aromatic heterocycles. The second-order valence-corrected chi connectivity index (χ2v) is 6.68. The minimum absolute atomic E-state index is 0.185. The largest absolute Gasteiger partial charge is 0.322 e. The van der Waals surface area contributed by atoms with E-state index < -0.39 is 6.67 Å². The Hall–Kier alpha value is -2.17. The molecule has 0 radical (unpaired) electrons. The van der Waals surface area contributed by atoms with Gasteiger partial charge in [-0.15, -0.1) is 0 Å². The molecule has 1 heterocycles. The molecule has 4 nitrogen and oxygen atoms in total. The summed E-state index contributed by atoms with van der Waals surface area (Å²) in [6.45, 7) is -0.738. The van der Waals surface area contributed by atoms with Crippen molar-refractivity contribution in [2.45, 2.75) is 31.9 Å². The topological polar surface area (TPSA) is 46.9 Å². The van der Waals surface area contributed by atoms with Crippen molar-refractivity contribution in [2.24, 2.45) is 18.9 Å². The summed E-state index contributed by atoms with van der Waals surface area (Å²) in [6.07, 6.45) is 5.49. The molecular weight excluding hydrogens is 293 g/mol. The van der Waals surface area contributed by atoms with Crippen LogP contribution in [0.25, 0.3) is 0 Å². The first-order valence-electron chi connectivity index (χ1n) is 8.16. The molecule has 120 valence electrons. The Morgan fingerprint density at radius 1 is 1.39 bits per heavy atom. The molecule has 2 saturated carbocycles. The lowest BCUT2D eigenvalue weighted by Gasteiger charge is -2.11. The Labute approximate surface area is 134 Å². The summed E-state index contributed by atoms with van der Waals surface area (Å²) in [4.78, 5) is 12.5. The van der Waals surface area contributed by atoms with Crippen molar-refractivity contribution in [3.8, 4) is 0 Å². The molecule has 23 heavy (non-hydrogen) atoms. The molecule has 2 aromatic rings. The molecule has 1 aromatic carbocycles. The maximum atomic E-state index is 13.0. The molecule has 2 aliphatic rings. The second kappa shape index (κ2) is 5.48. The highest BCUT2D eigenvalue weighted by molar-refractivity contribution is 6.05. The fourth-order valence-electron chi connectivity index (χ4n) is 3.56. The first-order chi connectivity index (χ1) is 11.2. The quantitative estimate of drug-likeness (QED) is 0.916. The number of hydrogen-bond acceptors (Lipinski definition) is 2. The van der Waals surface area contributed by atoms with Crippen molar-refractivity contribution in [3.05, 3.63) is 47.3 Å². The van der Waals surface area contributed by atoms with Crippen LogP contribution >= 0.6 is 0 Å². The van der Waals surface area contributed by atoms with Gasteiger partial charge in [-0.25, -0.2) is 4.39 Å². The number of hydrogen-bond donors (Lipinski definition) is 1. The lowest BCUT2D eigenvalue weighted by atomic mass is 10.0. The number of benzene rings is 1. The lowest BCUT2D eigenvalue weighted by Crippen LogP contribution is -2.14. The van der Waals surface area contributed by atoms with Crippen LogP contribution in [0, 0.1) is 11.8 Å². The molecule has 4 rings (SSSR count). The standard InChI is InChI=1S/C18H20FN3O/c1-22-10-15(17(9-19)21-22)18(23)20-16-5-3-2-4-12(16)14-8-13(14)11-6-7-11/h2-5,10-11,13-14H,6-9H2,1H3,(H,20,23). The van der Waals surface area contributed by atoms with Gasteiger partial charge in [0, 0.05) is 18.9 Å². The number of para-hydroxylation sites is 1. The number of carbonyl (C=O) groups is 1. The van der Waals surface area contributed by atoms with Crippen LogP contribution in [0.4, 0.5) is 10.1 Å². The van der Waals surface area contributed by atoms with Gasteiger partial charge in [0.2, 0.25) is 0 Å². The fourth-order valence-corrected chi connectivity index (χ4v) is 3.56. The molecule has 0 saturated heterocycles. The van der Waals surface area contributed by atoms with Crippen LogP contribution in [-0.2, 0) is 13.7 Å². The van der Waals surface area contributed by atoms with E-state index in [0.717, 1.165) is 17.5 Å². The van der Waals surface area contributed by atoms with Gasteiger partial charge < -0.3 is 5.32 Å². The zero-order chi connectivity index (χ0) is 16.0. The predicted octanol–water partition coefficient (Wildman–Crippen LogP) is 3.66. The third-order valence-electron chi connectivity index (χ3n) is 4.95. The van der Waals surface area contributed by atoms with Gasteiger partial charge in [-0.2, -0.15) is 5.10 Å². The predicted molar refractivity (Wildman–Crippen MR) is 86.0 cm³/mol. The molecule has 0 spiro atoms. The van der Waals surface area contributed by atoms with Crippen molar-refractivity contribution in [1.29, 1.82) is 0 Å².